The van der Waals surface area contributed by atoms with Gasteiger partial charge in [0.25, 0.3) is 0 Å². The quantitative estimate of drug-likeness (QED) is 0.473. The summed E-state index contributed by atoms with van der Waals surface area (Å²) < 4.78 is 40.4. The molecule has 0 heterocycles. The molecular weight excluding hydrogens is 355 g/mol. The van der Waals surface area contributed by atoms with E-state index in [1.54, 1.807) is 20.0 Å². The molecule has 1 aromatic rings. The summed E-state index contributed by atoms with van der Waals surface area (Å²) in [6, 6.07) is 4.93. The largest absolute Gasteiger partial charge is 0.355 e. The zero-order valence-electron chi connectivity index (χ0n) is 15.7. The summed E-state index contributed by atoms with van der Waals surface area (Å²) in [5, 5.41) is 6.14. The van der Waals surface area contributed by atoms with Crippen LogP contribution in [0.4, 0.5) is 4.39 Å². The molecule has 0 amide bonds. The first-order chi connectivity index (χ1) is 12.3. The van der Waals surface area contributed by atoms with Gasteiger partial charge in [-0.15, -0.1) is 0 Å². The second-order valence-corrected chi connectivity index (χ2v) is 8.76. The van der Waals surface area contributed by atoms with E-state index in [2.05, 4.69) is 20.3 Å². The van der Waals surface area contributed by atoms with E-state index in [9.17, 15) is 12.8 Å². The Morgan fingerprint density at radius 1 is 1.38 bits per heavy atom. The lowest BCUT2D eigenvalue weighted by atomic mass is 9.86. The Labute approximate surface area is 155 Å². The summed E-state index contributed by atoms with van der Waals surface area (Å²) in [5.74, 6) is 0.701. The van der Waals surface area contributed by atoms with Crippen LogP contribution in [0.25, 0.3) is 0 Å². The lowest BCUT2D eigenvalue weighted by molar-refractivity contribution is 0.316. The Morgan fingerprint density at radius 2 is 2.12 bits per heavy atom. The van der Waals surface area contributed by atoms with E-state index in [4.69, 9.17) is 0 Å². The molecule has 1 fully saturated rings. The molecule has 1 atom stereocenters. The fourth-order valence-electron chi connectivity index (χ4n) is 2.68. The molecule has 3 N–H and O–H groups in total. The van der Waals surface area contributed by atoms with Gasteiger partial charge in [-0.25, -0.2) is 17.5 Å². The molecule has 0 radical (unpaired) electrons. The van der Waals surface area contributed by atoms with Crippen molar-refractivity contribution in [2.45, 2.75) is 39.2 Å². The molecule has 1 aliphatic rings. The average Bonchev–Trinajstić information content (AvgIpc) is 2.54. The minimum Gasteiger partial charge on any atom is -0.355 e. The van der Waals surface area contributed by atoms with E-state index in [-0.39, 0.29) is 24.2 Å². The van der Waals surface area contributed by atoms with Gasteiger partial charge in [-0.05, 0) is 49.8 Å². The van der Waals surface area contributed by atoms with Crippen LogP contribution in [-0.4, -0.2) is 40.3 Å². The van der Waals surface area contributed by atoms with Gasteiger partial charge in [0.2, 0.25) is 10.0 Å². The zero-order chi connectivity index (χ0) is 19.2. The number of sulfonamides is 1. The molecule has 1 aromatic carbocycles. The molecule has 0 bridgehead atoms. The van der Waals surface area contributed by atoms with Crippen LogP contribution in [0.1, 0.15) is 43.4 Å². The molecule has 1 aliphatic carbocycles. The van der Waals surface area contributed by atoms with Crippen molar-refractivity contribution in [2.75, 3.05) is 25.9 Å². The Morgan fingerprint density at radius 3 is 2.69 bits per heavy atom. The average molecular weight is 385 g/mol. The number of aliphatic imine (C=N–C) groups is 1. The van der Waals surface area contributed by atoms with E-state index < -0.39 is 10.0 Å². The molecule has 0 aromatic heterocycles. The normalized spacial score (nSPS) is 16.8. The number of aryl methyl sites for hydroxylation is 1. The second kappa shape index (κ2) is 9.32. The third kappa shape index (κ3) is 6.25. The van der Waals surface area contributed by atoms with Crippen molar-refractivity contribution < 1.29 is 12.8 Å². The molecular formula is C18H29FN4O2S. The van der Waals surface area contributed by atoms with E-state index in [1.165, 1.54) is 12.5 Å². The van der Waals surface area contributed by atoms with E-state index >= 15 is 0 Å². The van der Waals surface area contributed by atoms with Gasteiger partial charge in [0.1, 0.15) is 5.82 Å². The highest BCUT2D eigenvalue weighted by molar-refractivity contribution is 7.89. The summed E-state index contributed by atoms with van der Waals surface area (Å²) in [4.78, 5) is 4.10. The number of guanidine groups is 1. The van der Waals surface area contributed by atoms with Crippen molar-refractivity contribution in [2.24, 2.45) is 10.9 Å². The van der Waals surface area contributed by atoms with Crippen LogP contribution in [0.5, 0.6) is 0 Å². The third-order valence-electron chi connectivity index (χ3n) is 4.75. The summed E-state index contributed by atoms with van der Waals surface area (Å²) in [7, 11) is -1.68. The van der Waals surface area contributed by atoms with Crippen LogP contribution < -0.4 is 15.4 Å². The predicted molar refractivity (Wildman–Crippen MR) is 103 cm³/mol. The first kappa shape index (κ1) is 20.6. The maximum absolute atomic E-state index is 13.7. The Bertz CT molecular complexity index is 733. The topological polar surface area (TPSA) is 82.6 Å². The highest BCUT2D eigenvalue weighted by Gasteiger charge is 2.20. The Balaban J connectivity index is 1.78. The predicted octanol–water partition coefficient (Wildman–Crippen LogP) is 2.08. The summed E-state index contributed by atoms with van der Waals surface area (Å²) >= 11 is 0. The van der Waals surface area contributed by atoms with Crippen molar-refractivity contribution >= 4 is 16.0 Å². The van der Waals surface area contributed by atoms with Gasteiger partial charge in [0.15, 0.2) is 5.96 Å². The Hall–Kier alpha value is -1.67. The lowest BCUT2D eigenvalue weighted by Gasteiger charge is -2.25. The molecule has 146 valence electrons. The molecule has 0 saturated heterocycles. The van der Waals surface area contributed by atoms with Crippen LogP contribution in [0.2, 0.25) is 0 Å². The highest BCUT2D eigenvalue weighted by atomic mass is 32.2. The van der Waals surface area contributed by atoms with Crippen molar-refractivity contribution in [3.63, 3.8) is 0 Å². The fraction of sp³-hybridized carbons (Fsp3) is 0.611. The van der Waals surface area contributed by atoms with Gasteiger partial charge in [-0.3, -0.25) is 4.99 Å². The molecule has 6 nitrogen and oxygen atoms in total. The number of hydrogen-bond acceptors (Lipinski definition) is 3. The Kier molecular flexibility index (Phi) is 7.40. The van der Waals surface area contributed by atoms with Crippen LogP contribution in [0, 0.1) is 18.7 Å². The maximum Gasteiger partial charge on any atom is 0.213 e. The molecule has 1 saturated carbocycles. The summed E-state index contributed by atoms with van der Waals surface area (Å²) in [5.41, 5.74) is 1.40. The van der Waals surface area contributed by atoms with E-state index in [0.29, 0.717) is 24.0 Å². The highest BCUT2D eigenvalue weighted by Crippen LogP contribution is 2.25. The number of nitrogens with one attached hydrogen (secondary N) is 3. The van der Waals surface area contributed by atoms with Gasteiger partial charge in [0.05, 0.1) is 11.8 Å². The third-order valence-corrected chi connectivity index (χ3v) is 6.10. The molecule has 8 heteroatoms. The first-order valence-corrected chi connectivity index (χ1v) is 10.7. The smallest absolute Gasteiger partial charge is 0.213 e. The van der Waals surface area contributed by atoms with Crippen molar-refractivity contribution in [3.8, 4) is 0 Å². The zero-order valence-corrected chi connectivity index (χ0v) is 16.5. The van der Waals surface area contributed by atoms with Gasteiger partial charge in [0, 0.05) is 20.1 Å². The summed E-state index contributed by atoms with van der Waals surface area (Å²) in [6.07, 6.45) is 3.41. The molecule has 0 spiro atoms. The van der Waals surface area contributed by atoms with Crippen molar-refractivity contribution in [1.82, 2.24) is 15.4 Å². The lowest BCUT2D eigenvalue weighted by Crippen LogP contribution is -2.42. The van der Waals surface area contributed by atoms with Crippen LogP contribution >= 0.6 is 0 Å². The van der Waals surface area contributed by atoms with Gasteiger partial charge < -0.3 is 10.6 Å². The van der Waals surface area contributed by atoms with Crippen molar-refractivity contribution in [3.05, 3.63) is 35.1 Å². The number of benzene rings is 1. The standard InChI is InChI=1S/C18H29FN4O2S/c1-13-7-8-16(11-17(13)19)14(2)23-18(20-3)21-9-10-26(24,25)22-12-15-5-4-6-15/h7-8,11,14-15,22H,4-6,9-10,12H2,1-3H3,(H2,20,21,23). The number of nitrogens with zero attached hydrogens (tertiary/aromatic N) is 1. The van der Waals surface area contributed by atoms with Gasteiger partial charge in [-0.1, -0.05) is 18.6 Å². The SMILES string of the molecule is CN=C(NCCS(=O)(=O)NCC1CCC1)NC(C)c1ccc(C)c(F)c1. The van der Waals surface area contributed by atoms with Crippen LogP contribution in [-0.2, 0) is 10.0 Å². The number of hydrogen-bond donors (Lipinski definition) is 3. The van der Waals surface area contributed by atoms with E-state index in [1.807, 2.05) is 13.0 Å². The monoisotopic (exact) mass is 384 g/mol. The van der Waals surface area contributed by atoms with Gasteiger partial charge >= 0.3 is 0 Å². The second-order valence-electron chi connectivity index (χ2n) is 6.84. The molecule has 2 rings (SSSR count). The maximum atomic E-state index is 13.7. The number of rotatable bonds is 8. The minimum absolute atomic E-state index is 0.0199. The fourth-order valence-corrected chi connectivity index (χ4v) is 3.68. The molecule has 0 aliphatic heterocycles. The molecule has 26 heavy (non-hydrogen) atoms. The van der Waals surface area contributed by atoms with E-state index in [0.717, 1.165) is 18.4 Å². The van der Waals surface area contributed by atoms with Crippen molar-refractivity contribution in [1.29, 1.82) is 0 Å². The minimum atomic E-state index is -3.29. The van der Waals surface area contributed by atoms with Gasteiger partial charge in [-0.2, -0.15) is 0 Å². The summed E-state index contributed by atoms with van der Waals surface area (Å²) in [6.45, 7) is 4.39. The van der Waals surface area contributed by atoms with Crippen LogP contribution in [0.15, 0.2) is 23.2 Å². The first-order valence-electron chi connectivity index (χ1n) is 9.01. The number of halogens is 1. The van der Waals surface area contributed by atoms with Crippen LogP contribution in [0.3, 0.4) is 0 Å². The molecule has 1 unspecified atom stereocenters.